The fourth-order valence-electron chi connectivity index (χ4n) is 4.55. The molecule has 8 nitrogen and oxygen atoms in total. The zero-order valence-corrected chi connectivity index (χ0v) is 21.2. The van der Waals surface area contributed by atoms with E-state index in [-0.39, 0.29) is 23.5 Å². The van der Waals surface area contributed by atoms with Gasteiger partial charge in [-0.3, -0.25) is 0 Å². The second kappa shape index (κ2) is 9.37. The van der Waals surface area contributed by atoms with Gasteiger partial charge in [-0.1, -0.05) is 26.0 Å². The molecule has 0 radical (unpaired) electrons. The predicted octanol–water partition coefficient (Wildman–Crippen LogP) is 4.04. The first-order valence-corrected chi connectivity index (χ1v) is 13.7. The molecule has 2 aromatic heterocycles. The number of aryl methyl sites for hydroxylation is 1. The molecule has 0 aliphatic carbocycles. The molecule has 3 aromatic rings. The first-order valence-electron chi connectivity index (χ1n) is 11.7. The zero-order chi connectivity index (χ0) is 24.6. The highest BCUT2D eigenvalue weighted by Crippen LogP contribution is 2.36. The molecule has 1 aromatic carbocycles. The Morgan fingerprint density at radius 1 is 1.21 bits per heavy atom. The van der Waals surface area contributed by atoms with E-state index in [1.807, 2.05) is 31.2 Å². The molecule has 0 unspecified atom stereocenters. The van der Waals surface area contributed by atoms with Crippen LogP contribution in [0.4, 0.5) is 5.69 Å². The van der Waals surface area contributed by atoms with Gasteiger partial charge >= 0.3 is 5.97 Å². The highest BCUT2D eigenvalue weighted by atomic mass is 32.2. The lowest BCUT2D eigenvalue weighted by molar-refractivity contribution is 0.0520. The number of hydrogen-bond acceptors (Lipinski definition) is 7. The Labute approximate surface area is 200 Å². The number of nitrogens with zero attached hydrogens (tertiary/aromatic N) is 4. The van der Waals surface area contributed by atoms with Gasteiger partial charge in [0.1, 0.15) is 9.84 Å². The number of fused-ring (bicyclic) bond motifs is 1. The highest BCUT2D eigenvalue weighted by Gasteiger charge is 2.30. The number of esters is 1. The van der Waals surface area contributed by atoms with E-state index in [0.29, 0.717) is 31.6 Å². The summed E-state index contributed by atoms with van der Waals surface area (Å²) in [4.78, 5) is 19.6. The number of carbonyl (C=O) groups is 1. The molecule has 3 heterocycles. The number of pyridine rings is 1. The summed E-state index contributed by atoms with van der Waals surface area (Å²) < 4.78 is 31.2. The molecular weight excluding hydrogens is 452 g/mol. The van der Waals surface area contributed by atoms with E-state index in [4.69, 9.17) is 14.8 Å². The summed E-state index contributed by atoms with van der Waals surface area (Å²) in [5.41, 5.74) is 4.52. The first-order chi connectivity index (χ1) is 16.1. The minimum absolute atomic E-state index is 0.121. The standard InChI is InChI=1S/C25H32N4O4S/c1-6-33-25(30)20-15-21(28-12-10-19(11-13-28)34(5,31)32)22-23(16(2)3)27-29(24(22)26-20)18-9-7-8-17(4)14-18/h7-9,14-16,19H,6,10-13H2,1-5H3. The normalized spacial score (nSPS) is 15.3. The second-order valence-corrected chi connectivity index (χ2v) is 11.6. The SMILES string of the molecule is CCOC(=O)c1cc(N2CCC(S(C)(=O)=O)CC2)c2c(C(C)C)nn(-c3cccc(C)c3)c2n1. The van der Waals surface area contributed by atoms with Gasteiger partial charge in [-0.2, -0.15) is 5.10 Å². The minimum Gasteiger partial charge on any atom is -0.461 e. The van der Waals surface area contributed by atoms with Crippen molar-refractivity contribution in [3.63, 3.8) is 0 Å². The van der Waals surface area contributed by atoms with Crippen molar-refractivity contribution in [3.05, 3.63) is 47.3 Å². The van der Waals surface area contributed by atoms with Gasteiger partial charge in [-0.05, 0) is 56.4 Å². The molecule has 34 heavy (non-hydrogen) atoms. The van der Waals surface area contributed by atoms with E-state index in [9.17, 15) is 13.2 Å². The van der Waals surface area contributed by atoms with Crippen LogP contribution in [0.25, 0.3) is 16.7 Å². The number of piperidine rings is 1. The summed E-state index contributed by atoms with van der Waals surface area (Å²) >= 11 is 0. The largest absolute Gasteiger partial charge is 0.461 e. The minimum atomic E-state index is -3.09. The Balaban J connectivity index is 1.92. The number of ether oxygens (including phenoxy) is 1. The average molecular weight is 485 g/mol. The van der Waals surface area contributed by atoms with Gasteiger partial charge in [0, 0.05) is 19.3 Å². The summed E-state index contributed by atoms with van der Waals surface area (Å²) in [5.74, 6) is -0.365. The maximum absolute atomic E-state index is 12.7. The third-order valence-electron chi connectivity index (χ3n) is 6.31. The summed E-state index contributed by atoms with van der Waals surface area (Å²) in [6, 6.07) is 9.77. The van der Waals surface area contributed by atoms with E-state index < -0.39 is 15.8 Å². The number of benzene rings is 1. The molecule has 0 N–H and O–H groups in total. The van der Waals surface area contributed by atoms with Gasteiger partial charge in [0.25, 0.3) is 0 Å². The fourth-order valence-corrected chi connectivity index (χ4v) is 5.62. The summed E-state index contributed by atoms with van der Waals surface area (Å²) in [5, 5.41) is 5.48. The van der Waals surface area contributed by atoms with Crippen molar-refractivity contribution >= 4 is 32.5 Å². The van der Waals surface area contributed by atoms with Crippen LogP contribution in [0.2, 0.25) is 0 Å². The van der Waals surface area contributed by atoms with Crippen LogP contribution in [-0.2, 0) is 14.6 Å². The van der Waals surface area contributed by atoms with Gasteiger partial charge in [-0.25, -0.2) is 22.9 Å². The number of aromatic nitrogens is 3. The number of anilines is 1. The van der Waals surface area contributed by atoms with Crippen LogP contribution < -0.4 is 4.90 Å². The molecule has 0 amide bonds. The molecule has 0 bridgehead atoms. The highest BCUT2D eigenvalue weighted by molar-refractivity contribution is 7.91. The van der Waals surface area contributed by atoms with Crippen LogP contribution in [-0.4, -0.2) is 60.4 Å². The van der Waals surface area contributed by atoms with Crippen LogP contribution in [0, 0.1) is 6.92 Å². The van der Waals surface area contributed by atoms with Crippen molar-refractivity contribution in [2.75, 3.05) is 30.9 Å². The van der Waals surface area contributed by atoms with E-state index in [0.717, 1.165) is 28.0 Å². The fraction of sp³-hybridized carbons (Fsp3) is 0.480. The summed E-state index contributed by atoms with van der Waals surface area (Å²) in [6.07, 6.45) is 2.39. The van der Waals surface area contributed by atoms with Crippen LogP contribution in [0.5, 0.6) is 0 Å². The van der Waals surface area contributed by atoms with Crippen LogP contribution in [0.15, 0.2) is 30.3 Å². The maximum Gasteiger partial charge on any atom is 0.357 e. The van der Waals surface area contributed by atoms with Crippen molar-refractivity contribution < 1.29 is 17.9 Å². The molecule has 1 fully saturated rings. The predicted molar refractivity (Wildman–Crippen MR) is 134 cm³/mol. The second-order valence-electron chi connectivity index (χ2n) is 9.25. The molecule has 0 atom stereocenters. The number of sulfone groups is 1. The van der Waals surface area contributed by atoms with Gasteiger partial charge in [0.15, 0.2) is 11.3 Å². The van der Waals surface area contributed by atoms with E-state index in [2.05, 4.69) is 18.7 Å². The zero-order valence-electron chi connectivity index (χ0n) is 20.4. The lowest BCUT2D eigenvalue weighted by atomic mass is 10.0. The average Bonchev–Trinajstić information content (AvgIpc) is 3.18. The van der Waals surface area contributed by atoms with Crippen molar-refractivity contribution in [1.82, 2.24) is 14.8 Å². The number of rotatable bonds is 6. The van der Waals surface area contributed by atoms with E-state index in [1.165, 1.54) is 6.26 Å². The molecule has 4 rings (SSSR count). The summed E-state index contributed by atoms with van der Waals surface area (Å²) in [7, 11) is -3.09. The molecule has 182 valence electrons. The smallest absolute Gasteiger partial charge is 0.357 e. The third kappa shape index (κ3) is 4.66. The Morgan fingerprint density at radius 2 is 1.91 bits per heavy atom. The number of hydrogen-bond donors (Lipinski definition) is 0. The topological polar surface area (TPSA) is 94.4 Å². The Morgan fingerprint density at radius 3 is 2.50 bits per heavy atom. The van der Waals surface area contributed by atoms with E-state index >= 15 is 0 Å². The van der Waals surface area contributed by atoms with Crippen molar-refractivity contribution in [3.8, 4) is 5.69 Å². The lowest BCUT2D eigenvalue weighted by Gasteiger charge is -2.33. The Bertz CT molecular complexity index is 1320. The van der Waals surface area contributed by atoms with Crippen molar-refractivity contribution in [2.24, 2.45) is 0 Å². The Kier molecular flexibility index (Phi) is 6.66. The van der Waals surface area contributed by atoms with Gasteiger partial charge in [0.2, 0.25) is 0 Å². The van der Waals surface area contributed by atoms with Crippen LogP contribution in [0.3, 0.4) is 0 Å². The van der Waals surface area contributed by atoms with Crippen molar-refractivity contribution in [1.29, 1.82) is 0 Å². The first kappa shape index (κ1) is 24.2. The molecule has 1 aliphatic heterocycles. The molecular formula is C25H32N4O4S. The molecule has 0 spiro atoms. The third-order valence-corrected chi connectivity index (χ3v) is 7.99. The molecule has 9 heteroatoms. The van der Waals surface area contributed by atoms with Gasteiger partial charge in [0.05, 0.1) is 34.3 Å². The van der Waals surface area contributed by atoms with Crippen molar-refractivity contribution in [2.45, 2.75) is 51.7 Å². The van der Waals surface area contributed by atoms with Crippen LogP contribution >= 0.6 is 0 Å². The lowest BCUT2D eigenvalue weighted by Crippen LogP contribution is -2.39. The quantitative estimate of drug-likeness (QED) is 0.487. The van der Waals surface area contributed by atoms with Crippen LogP contribution in [0.1, 0.15) is 61.3 Å². The summed E-state index contributed by atoms with van der Waals surface area (Å²) in [6.45, 7) is 9.36. The van der Waals surface area contributed by atoms with Gasteiger partial charge < -0.3 is 9.64 Å². The molecule has 1 aliphatic rings. The van der Waals surface area contributed by atoms with E-state index in [1.54, 1.807) is 17.7 Å². The molecule has 0 saturated carbocycles. The monoisotopic (exact) mass is 484 g/mol. The molecule has 1 saturated heterocycles. The Hall–Kier alpha value is -2.94. The van der Waals surface area contributed by atoms with Gasteiger partial charge in [-0.15, -0.1) is 0 Å². The number of carbonyl (C=O) groups excluding carboxylic acids is 1. The maximum atomic E-state index is 12.7.